The predicted octanol–water partition coefficient (Wildman–Crippen LogP) is 5.29. The van der Waals surface area contributed by atoms with Gasteiger partial charge in [0.1, 0.15) is 5.75 Å². The summed E-state index contributed by atoms with van der Waals surface area (Å²) in [5.74, 6) is 1.82. The lowest BCUT2D eigenvalue weighted by Gasteiger charge is -2.38. The van der Waals surface area contributed by atoms with Crippen LogP contribution in [0.1, 0.15) is 49.7 Å². The maximum Gasteiger partial charge on any atom is 0.258 e. The van der Waals surface area contributed by atoms with E-state index >= 15 is 0 Å². The van der Waals surface area contributed by atoms with Gasteiger partial charge in [-0.3, -0.25) is 0 Å². The second kappa shape index (κ2) is 10.2. The number of thiocarbonyl (C=S) groups is 1. The van der Waals surface area contributed by atoms with Gasteiger partial charge >= 0.3 is 0 Å². The van der Waals surface area contributed by atoms with Gasteiger partial charge in [0.05, 0.1) is 30.9 Å². The normalized spacial score (nSPS) is 20.3. The van der Waals surface area contributed by atoms with Crippen LogP contribution in [0.2, 0.25) is 0 Å². The molecule has 3 aromatic rings. The van der Waals surface area contributed by atoms with Crippen LogP contribution in [0.3, 0.4) is 0 Å². The van der Waals surface area contributed by atoms with Crippen LogP contribution in [-0.4, -0.2) is 46.0 Å². The Morgan fingerprint density at radius 3 is 2.57 bits per heavy atom. The SMILES string of the molecule is CCOc1ccc(-c2noc(C3=C(C)N(CC4CCCO4)C(=S)NC3c3ccc(C)cc3)n2)cc1. The molecule has 0 bridgehead atoms. The Bertz CT molecular complexity index is 1210. The van der Waals surface area contributed by atoms with Crippen molar-refractivity contribution in [3.8, 4) is 17.1 Å². The molecular formula is C27H30N4O3S. The summed E-state index contributed by atoms with van der Waals surface area (Å²) in [4.78, 5) is 6.90. The predicted molar refractivity (Wildman–Crippen MR) is 139 cm³/mol. The summed E-state index contributed by atoms with van der Waals surface area (Å²) in [6, 6.07) is 15.9. The van der Waals surface area contributed by atoms with Crippen molar-refractivity contribution in [1.82, 2.24) is 20.4 Å². The van der Waals surface area contributed by atoms with E-state index in [-0.39, 0.29) is 12.1 Å². The first kappa shape index (κ1) is 23.5. The summed E-state index contributed by atoms with van der Waals surface area (Å²) < 4.78 is 17.3. The fraction of sp³-hybridized carbons (Fsp3) is 0.370. The van der Waals surface area contributed by atoms with Gasteiger partial charge in [0.25, 0.3) is 5.89 Å². The highest BCUT2D eigenvalue weighted by Crippen LogP contribution is 2.38. The summed E-state index contributed by atoms with van der Waals surface area (Å²) in [7, 11) is 0. The molecule has 0 amide bonds. The van der Waals surface area contributed by atoms with Crippen LogP contribution in [0, 0.1) is 6.92 Å². The Hall–Kier alpha value is -3.23. The van der Waals surface area contributed by atoms with Gasteiger partial charge in [0.15, 0.2) is 5.11 Å². The van der Waals surface area contributed by atoms with E-state index in [0.717, 1.165) is 47.6 Å². The molecule has 2 aliphatic heterocycles. The van der Waals surface area contributed by atoms with E-state index in [1.165, 1.54) is 5.56 Å². The van der Waals surface area contributed by atoms with Crippen molar-refractivity contribution in [2.24, 2.45) is 0 Å². The van der Waals surface area contributed by atoms with Crippen LogP contribution < -0.4 is 10.1 Å². The van der Waals surface area contributed by atoms with E-state index < -0.39 is 0 Å². The van der Waals surface area contributed by atoms with Gasteiger partial charge in [-0.05, 0) is 75.7 Å². The third-order valence-electron chi connectivity index (χ3n) is 6.50. The molecule has 7 nitrogen and oxygen atoms in total. The van der Waals surface area contributed by atoms with Gasteiger partial charge in [-0.2, -0.15) is 4.98 Å². The average Bonchev–Trinajstić information content (AvgIpc) is 3.55. The molecule has 1 saturated heterocycles. The second-order valence-corrected chi connectivity index (χ2v) is 9.31. The first-order valence-corrected chi connectivity index (χ1v) is 12.5. The smallest absolute Gasteiger partial charge is 0.258 e. The van der Waals surface area contributed by atoms with Crippen LogP contribution in [0.5, 0.6) is 5.75 Å². The number of hydrogen-bond acceptors (Lipinski definition) is 6. The Balaban J connectivity index is 1.52. The highest BCUT2D eigenvalue weighted by Gasteiger charge is 2.35. The molecule has 3 heterocycles. The summed E-state index contributed by atoms with van der Waals surface area (Å²) >= 11 is 5.81. The Morgan fingerprint density at radius 2 is 1.89 bits per heavy atom. The number of aromatic nitrogens is 2. The van der Waals surface area contributed by atoms with Crippen LogP contribution in [-0.2, 0) is 4.74 Å². The Labute approximate surface area is 211 Å². The highest BCUT2D eigenvalue weighted by molar-refractivity contribution is 7.80. The van der Waals surface area contributed by atoms with E-state index in [0.29, 0.717) is 30.0 Å². The number of nitrogens with one attached hydrogen (secondary N) is 1. The van der Waals surface area contributed by atoms with Crippen molar-refractivity contribution >= 4 is 22.9 Å². The van der Waals surface area contributed by atoms with E-state index in [1.807, 2.05) is 31.2 Å². The molecule has 5 rings (SSSR count). The molecule has 1 fully saturated rings. The summed E-state index contributed by atoms with van der Waals surface area (Å²) in [6.07, 6.45) is 2.27. The number of rotatable bonds is 7. The van der Waals surface area contributed by atoms with Gasteiger partial charge in [0.2, 0.25) is 5.82 Å². The number of hydrogen-bond donors (Lipinski definition) is 1. The molecule has 2 aromatic carbocycles. The third kappa shape index (κ3) is 4.94. The third-order valence-corrected chi connectivity index (χ3v) is 6.84. The number of benzene rings is 2. The minimum atomic E-state index is -0.197. The van der Waals surface area contributed by atoms with E-state index in [1.54, 1.807) is 0 Å². The number of ether oxygens (including phenoxy) is 2. The van der Waals surface area contributed by atoms with E-state index in [4.69, 9.17) is 31.2 Å². The molecule has 1 N–H and O–H groups in total. The molecule has 0 aliphatic carbocycles. The van der Waals surface area contributed by atoms with Gasteiger partial charge in [-0.15, -0.1) is 0 Å². The number of allylic oxidation sites excluding steroid dienone is 1. The molecule has 2 atom stereocenters. The van der Waals surface area contributed by atoms with Crippen molar-refractivity contribution in [2.45, 2.75) is 45.8 Å². The molecule has 0 radical (unpaired) electrons. The lowest BCUT2D eigenvalue weighted by Crippen LogP contribution is -2.48. The molecule has 1 aromatic heterocycles. The largest absolute Gasteiger partial charge is 0.494 e. The standard InChI is InChI=1S/C27H30N4O3S/c1-4-32-21-13-11-20(12-14-21)25-29-26(34-30-25)23-18(3)31(16-22-6-5-15-33-22)27(35)28-24(23)19-9-7-17(2)8-10-19/h7-14,22,24H,4-6,15-16H2,1-3H3,(H,28,35). The van der Waals surface area contributed by atoms with Crippen molar-refractivity contribution < 1.29 is 14.0 Å². The minimum Gasteiger partial charge on any atom is -0.494 e. The fourth-order valence-corrected chi connectivity index (χ4v) is 4.93. The maximum atomic E-state index is 5.89. The lowest BCUT2D eigenvalue weighted by atomic mass is 9.94. The van der Waals surface area contributed by atoms with E-state index in [2.05, 4.69) is 53.5 Å². The van der Waals surface area contributed by atoms with Gasteiger partial charge in [-0.1, -0.05) is 35.0 Å². The van der Waals surface area contributed by atoms with Crippen LogP contribution in [0.4, 0.5) is 0 Å². The zero-order chi connectivity index (χ0) is 24.4. The summed E-state index contributed by atoms with van der Waals surface area (Å²) in [5.41, 5.74) is 5.07. The van der Waals surface area contributed by atoms with Gasteiger partial charge < -0.3 is 24.2 Å². The zero-order valence-electron chi connectivity index (χ0n) is 20.3. The molecule has 2 unspecified atom stereocenters. The average molecular weight is 491 g/mol. The molecular weight excluding hydrogens is 460 g/mol. The van der Waals surface area contributed by atoms with Gasteiger partial charge in [-0.25, -0.2) is 0 Å². The second-order valence-electron chi connectivity index (χ2n) is 8.92. The van der Waals surface area contributed by atoms with Gasteiger partial charge in [0, 0.05) is 17.9 Å². The molecule has 35 heavy (non-hydrogen) atoms. The van der Waals surface area contributed by atoms with Crippen molar-refractivity contribution in [3.05, 3.63) is 71.2 Å². The Morgan fingerprint density at radius 1 is 1.11 bits per heavy atom. The molecule has 8 heteroatoms. The van der Waals surface area contributed by atoms with Crippen molar-refractivity contribution in [1.29, 1.82) is 0 Å². The fourth-order valence-electron chi connectivity index (χ4n) is 4.60. The van der Waals surface area contributed by atoms with Crippen LogP contribution >= 0.6 is 12.2 Å². The lowest BCUT2D eigenvalue weighted by molar-refractivity contribution is 0.0962. The maximum absolute atomic E-state index is 5.89. The monoisotopic (exact) mass is 490 g/mol. The Kier molecular flexibility index (Phi) is 6.83. The molecule has 182 valence electrons. The zero-order valence-corrected chi connectivity index (χ0v) is 21.1. The van der Waals surface area contributed by atoms with Crippen molar-refractivity contribution in [2.75, 3.05) is 19.8 Å². The summed E-state index contributed by atoms with van der Waals surface area (Å²) in [6.45, 7) is 8.23. The highest BCUT2D eigenvalue weighted by atomic mass is 32.1. The first-order valence-electron chi connectivity index (χ1n) is 12.1. The number of aryl methyl sites for hydroxylation is 1. The summed E-state index contributed by atoms with van der Waals surface area (Å²) in [5, 5.41) is 8.50. The minimum absolute atomic E-state index is 0.156. The first-order chi connectivity index (χ1) is 17.0. The topological polar surface area (TPSA) is 72.7 Å². The number of nitrogens with zero attached hydrogens (tertiary/aromatic N) is 3. The molecule has 0 saturated carbocycles. The van der Waals surface area contributed by atoms with Crippen LogP contribution in [0.15, 0.2) is 58.8 Å². The van der Waals surface area contributed by atoms with E-state index in [9.17, 15) is 0 Å². The van der Waals surface area contributed by atoms with Crippen LogP contribution in [0.25, 0.3) is 17.0 Å². The quantitative estimate of drug-likeness (QED) is 0.448. The van der Waals surface area contributed by atoms with Crippen molar-refractivity contribution in [3.63, 3.8) is 0 Å². The molecule has 0 spiro atoms. The molecule has 2 aliphatic rings.